The maximum Gasteiger partial charge on any atom is 0.161 e. The fourth-order valence-electron chi connectivity index (χ4n) is 1.96. The molecule has 0 radical (unpaired) electrons. The van der Waals surface area contributed by atoms with Crippen LogP contribution in [0.1, 0.15) is 24.2 Å². The molecule has 0 saturated heterocycles. The summed E-state index contributed by atoms with van der Waals surface area (Å²) in [6, 6.07) is 7.94. The molecule has 0 amide bonds. The first kappa shape index (κ1) is 13.4. The SMILES string of the molecule is CCn1ncc(OC)c1C(N)c1cccc(I)c1. The van der Waals surface area contributed by atoms with E-state index in [1.165, 1.54) is 3.57 Å². The van der Waals surface area contributed by atoms with Crippen molar-refractivity contribution in [1.29, 1.82) is 0 Å². The molecule has 5 heteroatoms. The van der Waals surface area contributed by atoms with Crippen molar-refractivity contribution in [1.82, 2.24) is 9.78 Å². The molecule has 2 N–H and O–H groups in total. The third-order valence-electron chi connectivity index (χ3n) is 2.87. The highest BCUT2D eigenvalue weighted by Crippen LogP contribution is 2.28. The second-order valence-electron chi connectivity index (χ2n) is 3.95. The van der Waals surface area contributed by atoms with Crippen molar-refractivity contribution in [2.45, 2.75) is 19.5 Å². The van der Waals surface area contributed by atoms with E-state index in [1.807, 2.05) is 29.8 Å². The summed E-state index contributed by atoms with van der Waals surface area (Å²) in [6.07, 6.45) is 1.71. The Morgan fingerprint density at radius 1 is 1.50 bits per heavy atom. The van der Waals surface area contributed by atoms with Crippen LogP contribution < -0.4 is 10.5 Å². The average Bonchev–Trinajstić information content (AvgIpc) is 2.80. The van der Waals surface area contributed by atoms with Gasteiger partial charge in [-0.2, -0.15) is 5.10 Å². The predicted molar refractivity (Wildman–Crippen MR) is 79.6 cm³/mol. The summed E-state index contributed by atoms with van der Waals surface area (Å²) in [6.45, 7) is 2.81. The van der Waals surface area contributed by atoms with E-state index in [-0.39, 0.29) is 6.04 Å². The topological polar surface area (TPSA) is 53.1 Å². The minimum Gasteiger partial charge on any atom is -0.493 e. The van der Waals surface area contributed by atoms with Crippen LogP contribution in [0.15, 0.2) is 30.5 Å². The molecule has 18 heavy (non-hydrogen) atoms. The molecule has 0 aliphatic carbocycles. The number of rotatable bonds is 4. The molecule has 2 rings (SSSR count). The Kier molecular flexibility index (Phi) is 4.23. The van der Waals surface area contributed by atoms with E-state index in [9.17, 15) is 0 Å². The molecule has 1 heterocycles. The van der Waals surface area contributed by atoms with Gasteiger partial charge in [0.1, 0.15) is 5.69 Å². The van der Waals surface area contributed by atoms with Crippen LogP contribution >= 0.6 is 22.6 Å². The fraction of sp³-hybridized carbons (Fsp3) is 0.308. The van der Waals surface area contributed by atoms with Crippen molar-refractivity contribution in [3.8, 4) is 5.75 Å². The Morgan fingerprint density at radius 2 is 2.28 bits per heavy atom. The molecule has 0 saturated carbocycles. The van der Waals surface area contributed by atoms with Gasteiger partial charge in [0.2, 0.25) is 0 Å². The second kappa shape index (κ2) is 5.71. The molecule has 0 aliphatic rings. The van der Waals surface area contributed by atoms with Crippen LogP contribution in [0.25, 0.3) is 0 Å². The van der Waals surface area contributed by atoms with Crippen molar-refractivity contribution >= 4 is 22.6 Å². The van der Waals surface area contributed by atoms with Crippen molar-refractivity contribution in [3.05, 3.63) is 45.3 Å². The van der Waals surface area contributed by atoms with Crippen LogP contribution in [0, 0.1) is 3.57 Å². The molecule has 1 aromatic carbocycles. The van der Waals surface area contributed by atoms with Crippen LogP contribution in [-0.2, 0) is 6.54 Å². The number of aromatic nitrogens is 2. The van der Waals surface area contributed by atoms with Gasteiger partial charge in [-0.25, -0.2) is 0 Å². The molecular weight excluding hydrogens is 341 g/mol. The van der Waals surface area contributed by atoms with Crippen molar-refractivity contribution in [2.75, 3.05) is 7.11 Å². The van der Waals surface area contributed by atoms with Gasteiger partial charge in [-0.15, -0.1) is 0 Å². The minimum absolute atomic E-state index is 0.225. The minimum atomic E-state index is -0.225. The van der Waals surface area contributed by atoms with Crippen molar-refractivity contribution < 1.29 is 4.74 Å². The lowest BCUT2D eigenvalue weighted by Crippen LogP contribution is -2.18. The van der Waals surface area contributed by atoms with Gasteiger partial charge in [-0.05, 0) is 47.2 Å². The maximum atomic E-state index is 6.34. The van der Waals surface area contributed by atoms with Gasteiger partial charge in [0.05, 0.1) is 19.3 Å². The number of halogens is 1. The third kappa shape index (κ3) is 2.51. The molecule has 1 atom stereocenters. The molecule has 0 spiro atoms. The van der Waals surface area contributed by atoms with Gasteiger partial charge in [-0.3, -0.25) is 4.68 Å². The largest absolute Gasteiger partial charge is 0.493 e. The first-order valence-corrected chi connectivity index (χ1v) is 6.86. The summed E-state index contributed by atoms with van der Waals surface area (Å²) < 4.78 is 8.38. The highest BCUT2D eigenvalue weighted by molar-refractivity contribution is 14.1. The van der Waals surface area contributed by atoms with Gasteiger partial charge in [0, 0.05) is 10.1 Å². The predicted octanol–water partition coefficient (Wildman–Crippen LogP) is 2.56. The lowest BCUT2D eigenvalue weighted by atomic mass is 10.0. The fourth-order valence-corrected chi connectivity index (χ4v) is 2.53. The Balaban J connectivity index is 2.44. The number of benzene rings is 1. The maximum absolute atomic E-state index is 6.34. The normalized spacial score (nSPS) is 12.4. The smallest absolute Gasteiger partial charge is 0.161 e. The molecule has 2 aromatic rings. The second-order valence-corrected chi connectivity index (χ2v) is 5.19. The van der Waals surface area contributed by atoms with E-state index < -0.39 is 0 Å². The van der Waals surface area contributed by atoms with E-state index in [2.05, 4.69) is 33.8 Å². The number of aryl methyl sites for hydroxylation is 1. The third-order valence-corrected chi connectivity index (χ3v) is 3.54. The van der Waals surface area contributed by atoms with E-state index >= 15 is 0 Å². The van der Waals surface area contributed by atoms with Crippen LogP contribution in [0.2, 0.25) is 0 Å². The zero-order valence-corrected chi connectivity index (χ0v) is 12.6. The monoisotopic (exact) mass is 357 g/mol. The Hall–Kier alpha value is -1.08. The van der Waals surface area contributed by atoms with Gasteiger partial charge in [0.15, 0.2) is 5.75 Å². The average molecular weight is 357 g/mol. The Bertz CT molecular complexity index is 517. The molecule has 0 bridgehead atoms. The molecule has 0 aliphatic heterocycles. The summed E-state index contributed by atoms with van der Waals surface area (Å²) in [5, 5.41) is 4.28. The van der Waals surface area contributed by atoms with E-state index in [0.717, 1.165) is 23.6 Å². The van der Waals surface area contributed by atoms with E-state index in [0.29, 0.717) is 0 Å². The van der Waals surface area contributed by atoms with Gasteiger partial charge in [-0.1, -0.05) is 12.1 Å². The summed E-state index contributed by atoms with van der Waals surface area (Å²) in [7, 11) is 1.64. The lowest BCUT2D eigenvalue weighted by molar-refractivity contribution is 0.404. The van der Waals surface area contributed by atoms with Crippen molar-refractivity contribution in [2.24, 2.45) is 5.73 Å². The zero-order chi connectivity index (χ0) is 13.1. The number of nitrogens with zero attached hydrogens (tertiary/aromatic N) is 2. The molecule has 1 aromatic heterocycles. The van der Waals surface area contributed by atoms with Crippen LogP contribution in [0.5, 0.6) is 5.75 Å². The Labute approximate surface area is 120 Å². The quantitative estimate of drug-likeness (QED) is 0.856. The summed E-state index contributed by atoms with van der Waals surface area (Å²) in [4.78, 5) is 0. The van der Waals surface area contributed by atoms with Crippen LogP contribution in [0.4, 0.5) is 0 Å². The van der Waals surface area contributed by atoms with Gasteiger partial charge < -0.3 is 10.5 Å². The van der Waals surface area contributed by atoms with Gasteiger partial charge >= 0.3 is 0 Å². The number of methoxy groups -OCH3 is 1. The lowest BCUT2D eigenvalue weighted by Gasteiger charge is -2.15. The number of hydrogen-bond donors (Lipinski definition) is 1. The highest BCUT2D eigenvalue weighted by atomic mass is 127. The first-order chi connectivity index (χ1) is 8.67. The van der Waals surface area contributed by atoms with E-state index in [4.69, 9.17) is 10.5 Å². The molecular formula is C13H16IN3O. The van der Waals surface area contributed by atoms with Crippen molar-refractivity contribution in [3.63, 3.8) is 0 Å². The Morgan fingerprint density at radius 3 is 2.89 bits per heavy atom. The number of hydrogen-bond acceptors (Lipinski definition) is 3. The van der Waals surface area contributed by atoms with E-state index in [1.54, 1.807) is 13.3 Å². The summed E-state index contributed by atoms with van der Waals surface area (Å²) in [5.41, 5.74) is 8.32. The standard InChI is InChI=1S/C13H16IN3O/c1-3-17-13(11(18-2)8-16-17)12(15)9-5-4-6-10(14)7-9/h4-8,12H,3,15H2,1-2H3. The highest BCUT2D eigenvalue weighted by Gasteiger charge is 2.19. The molecule has 0 fully saturated rings. The zero-order valence-electron chi connectivity index (χ0n) is 10.4. The van der Waals surface area contributed by atoms with Crippen LogP contribution in [0.3, 0.4) is 0 Å². The summed E-state index contributed by atoms with van der Waals surface area (Å²) in [5.74, 6) is 0.739. The molecule has 1 unspecified atom stereocenters. The van der Waals surface area contributed by atoms with Crippen LogP contribution in [-0.4, -0.2) is 16.9 Å². The number of ether oxygens (including phenoxy) is 1. The van der Waals surface area contributed by atoms with Gasteiger partial charge in [0.25, 0.3) is 0 Å². The molecule has 96 valence electrons. The molecule has 4 nitrogen and oxygen atoms in total. The summed E-state index contributed by atoms with van der Waals surface area (Å²) >= 11 is 2.28. The number of nitrogens with two attached hydrogens (primary N) is 1. The first-order valence-electron chi connectivity index (χ1n) is 5.78.